The Morgan fingerprint density at radius 3 is 2.57 bits per heavy atom. The molecular weight excluding hydrogens is 182 g/mol. The van der Waals surface area contributed by atoms with Crippen LogP contribution in [0.1, 0.15) is 13.8 Å². The maximum atomic E-state index is 5.76. The first-order chi connectivity index (χ1) is 6.72. The Bertz CT molecular complexity index is 148. The van der Waals surface area contributed by atoms with Crippen LogP contribution in [0.25, 0.3) is 0 Å². The monoisotopic (exact) mass is 203 g/mol. The normalized spacial score (nSPS) is 19.7. The summed E-state index contributed by atoms with van der Waals surface area (Å²) >= 11 is 0. The molecular formula is C10H21NO3. The van der Waals surface area contributed by atoms with E-state index >= 15 is 0 Å². The molecule has 0 bridgehead atoms. The van der Waals surface area contributed by atoms with Gasteiger partial charge in [-0.1, -0.05) is 13.8 Å². The smallest absolute Gasteiger partial charge is 0.105 e. The molecule has 14 heavy (non-hydrogen) atoms. The van der Waals surface area contributed by atoms with Gasteiger partial charge in [-0.15, -0.1) is 0 Å². The molecule has 1 aliphatic heterocycles. The van der Waals surface area contributed by atoms with Crippen LogP contribution in [0.4, 0.5) is 0 Å². The van der Waals surface area contributed by atoms with Gasteiger partial charge in [-0.2, -0.15) is 0 Å². The van der Waals surface area contributed by atoms with Gasteiger partial charge in [0.1, 0.15) is 6.10 Å². The van der Waals surface area contributed by atoms with Crippen LogP contribution >= 0.6 is 0 Å². The number of methoxy groups -OCH3 is 1. The van der Waals surface area contributed by atoms with E-state index in [2.05, 4.69) is 19.2 Å². The van der Waals surface area contributed by atoms with E-state index in [4.69, 9.17) is 14.2 Å². The highest BCUT2D eigenvalue weighted by molar-refractivity contribution is 4.70. The third-order valence-electron chi connectivity index (χ3n) is 2.10. The summed E-state index contributed by atoms with van der Waals surface area (Å²) in [4.78, 5) is 0. The summed E-state index contributed by atoms with van der Waals surface area (Å²) in [6.45, 7) is 7.16. The van der Waals surface area contributed by atoms with E-state index in [1.54, 1.807) is 7.11 Å². The van der Waals surface area contributed by atoms with Gasteiger partial charge in [-0.25, -0.2) is 0 Å². The van der Waals surface area contributed by atoms with Crippen molar-refractivity contribution in [2.45, 2.75) is 32.1 Å². The molecule has 1 rings (SSSR count). The predicted molar refractivity (Wildman–Crippen MR) is 54.5 cm³/mol. The molecule has 0 aromatic carbocycles. The van der Waals surface area contributed by atoms with Gasteiger partial charge in [-0.05, 0) is 0 Å². The van der Waals surface area contributed by atoms with E-state index in [0.29, 0.717) is 12.6 Å². The fourth-order valence-corrected chi connectivity index (χ4v) is 1.26. The first-order valence-electron chi connectivity index (χ1n) is 5.18. The van der Waals surface area contributed by atoms with E-state index in [-0.39, 0.29) is 12.2 Å². The Kier molecular flexibility index (Phi) is 5.40. The van der Waals surface area contributed by atoms with Gasteiger partial charge in [0.25, 0.3) is 0 Å². The summed E-state index contributed by atoms with van der Waals surface area (Å²) in [5.74, 6) is 0. The molecule has 4 heteroatoms. The van der Waals surface area contributed by atoms with Crippen molar-refractivity contribution in [3.8, 4) is 0 Å². The van der Waals surface area contributed by atoms with Crippen LogP contribution in [0.5, 0.6) is 0 Å². The molecule has 0 radical (unpaired) electrons. The predicted octanol–water partition coefficient (Wildman–Crippen LogP) is 0.415. The van der Waals surface area contributed by atoms with Gasteiger partial charge in [-0.3, -0.25) is 0 Å². The number of ether oxygens (including phenoxy) is 3. The van der Waals surface area contributed by atoms with E-state index in [9.17, 15) is 0 Å². The van der Waals surface area contributed by atoms with E-state index in [1.807, 2.05) is 0 Å². The lowest BCUT2D eigenvalue weighted by Gasteiger charge is -2.30. The summed E-state index contributed by atoms with van der Waals surface area (Å²) in [6, 6.07) is 0.482. The lowest BCUT2D eigenvalue weighted by Crippen LogP contribution is -2.44. The molecule has 0 aliphatic carbocycles. The second kappa shape index (κ2) is 6.35. The fourth-order valence-electron chi connectivity index (χ4n) is 1.26. The van der Waals surface area contributed by atoms with Crippen molar-refractivity contribution in [2.75, 3.05) is 33.5 Å². The summed E-state index contributed by atoms with van der Waals surface area (Å²) in [5.41, 5.74) is 0. The van der Waals surface area contributed by atoms with Crippen LogP contribution in [0, 0.1) is 0 Å². The van der Waals surface area contributed by atoms with Crippen molar-refractivity contribution >= 4 is 0 Å². The van der Waals surface area contributed by atoms with E-state index in [0.717, 1.165) is 19.8 Å². The first kappa shape index (κ1) is 11.9. The van der Waals surface area contributed by atoms with Crippen molar-refractivity contribution in [1.82, 2.24) is 5.32 Å². The molecule has 0 aromatic heterocycles. The standard InChI is InChI=1S/C10H21NO3/c1-8(2)11-4-9(5-12-3)14-10-6-13-7-10/h8-11H,4-7H2,1-3H3. The Morgan fingerprint density at radius 1 is 1.43 bits per heavy atom. The Labute approximate surface area is 85.9 Å². The third-order valence-corrected chi connectivity index (χ3v) is 2.10. The van der Waals surface area contributed by atoms with Crippen molar-refractivity contribution in [3.63, 3.8) is 0 Å². The van der Waals surface area contributed by atoms with Crippen LogP contribution in [-0.2, 0) is 14.2 Å². The number of hydrogen-bond donors (Lipinski definition) is 1. The highest BCUT2D eigenvalue weighted by atomic mass is 16.6. The Balaban J connectivity index is 2.15. The summed E-state index contributed by atoms with van der Waals surface area (Å²) in [7, 11) is 1.70. The minimum absolute atomic E-state index is 0.135. The molecule has 1 atom stereocenters. The largest absolute Gasteiger partial charge is 0.382 e. The van der Waals surface area contributed by atoms with Crippen LogP contribution in [0.2, 0.25) is 0 Å². The van der Waals surface area contributed by atoms with Crippen LogP contribution in [-0.4, -0.2) is 51.7 Å². The van der Waals surface area contributed by atoms with E-state index < -0.39 is 0 Å². The van der Waals surface area contributed by atoms with E-state index in [1.165, 1.54) is 0 Å². The molecule has 0 saturated carbocycles. The molecule has 1 unspecified atom stereocenters. The van der Waals surface area contributed by atoms with Crippen LogP contribution < -0.4 is 5.32 Å². The molecule has 0 amide bonds. The number of rotatable bonds is 7. The Morgan fingerprint density at radius 2 is 2.14 bits per heavy atom. The molecule has 1 aliphatic rings. The number of hydrogen-bond acceptors (Lipinski definition) is 4. The quantitative estimate of drug-likeness (QED) is 0.651. The lowest BCUT2D eigenvalue weighted by molar-refractivity contribution is -0.162. The minimum atomic E-state index is 0.135. The highest BCUT2D eigenvalue weighted by Crippen LogP contribution is 2.08. The highest BCUT2D eigenvalue weighted by Gasteiger charge is 2.23. The zero-order valence-electron chi connectivity index (χ0n) is 9.29. The van der Waals surface area contributed by atoms with Gasteiger partial charge < -0.3 is 19.5 Å². The topological polar surface area (TPSA) is 39.7 Å². The van der Waals surface area contributed by atoms with Crippen molar-refractivity contribution in [2.24, 2.45) is 0 Å². The zero-order chi connectivity index (χ0) is 10.4. The molecule has 0 spiro atoms. The van der Waals surface area contributed by atoms with Crippen molar-refractivity contribution < 1.29 is 14.2 Å². The lowest BCUT2D eigenvalue weighted by atomic mass is 10.3. The SMILES string of the molecule is COCC(CNC(C)C)OC1COC1. The van der Waals surface area contributed by atoms with Crippen molar-refractivity contribution in [1.29, 1.82) is 0 Å². The summed E-state index contributed by atoms with van der Waals surface area (Å²) < 4.78 is 15.9. The third kappa shape index (κ3) is 4.37. The van der Waals surface area contributed by atoms with Gasteiger partial charge in [0.05, 0.1) is 25.9 Å². The van der Waals surface area contributed by atoms with Gasteiger partial charge >= 0.3 is 0 Å². The van der Waals surface area contributed by atoms with Crippen molar-refractivity contribution in [3.05, 3.63) is 0 Å². The Hall–Kier alpha value is -0.160. The summed E-state index contributed by atoms with van der Waals surface area (Å²) in [6.07, 6.45) is 0.403. The number of nitrogens with one attached hydrogen (secondary N) is 1. The second-order valence-corrected chi connectivity index (χ2v) is 3.94. The van der Waals surface area contributed by atoms with Gasteiger partial charge in [0.15, 0.2) is 0 Å². The minimum Gasteiger partial charge on any atom is -0.382 e. The fraction of sp³-hybridized carbons (Fsp3) is 1.00. The molecule has 84 valence electrons. The maximum Gasteiger partial charge on any atom is 0.105 e. The molecule has 1 N–H and O–H groups in total. The average molecular weight is 203 g/mol. The molecule has 0 aromatic rings. The van der Waals surface area contributed by atoms with Gasteiger partial charge in [0.2, 0.25) is 0 Å². The molecule has 4 nitrogen and oxygen atoms in total. The average Bonchev–Trinajstić information content (AvgIpc) is 2.06. The molecule has 1 heterocycles. The second-order valence-electron chi connectivity index (χ2n) is 3.94. The molecule has 1 fully saturated rings. The first-order valence-corrected chi connectivity index (χ1v) is 5.18. The van der Waals surface area contributed by atoms with Crippen LogP contribution in [0.15, 0.2) is 0 Å². The van der Waals surface area contributed by atoms with Crippen LogP contribution in [0.3, 0.4) is 0 Å². The maximum absolute atomic E-state index is 5.76. The summed E-state index contributed by atoms with van der Waals surface area (Å²) in [5, 5.41) is 3.34. The molecule has 1 saturated heterocycles. The van der Waals surface area contributed by atoms with Gasteiger partial charge in [0, 0.05) is 19.7 Å². The zero-order valence-corrected chi connectivity index (χ0v) is 9.29.